The number of furan rings is 1. The molecule has 2 amide bonds. The molecule has 2 aromatic heterocycles. The van der Waals surface area contributed by atoms with E-state index in [0.29, 0.717) is 10.7 Å². The van der Waals surface area contributed by atoms with Crippen LogP contribution in [0.25, 0.3) is 11.8 Å². The molecule has 4 rings (SSSR count). The van der Waals surface area contributed by atoms with Gasteiger partial charge in [0.05, 0.1) is 18.6 Å². The Labute approximate surface area is 201 Å². The first-order valence-electron chi connectivity index (χ1n) is 10.6. The van der Waals surface area contributed by atoms with Gasteiger partial charge >= 0.3 is 5.97 Å². The highest BCUT2D eigenvalue weighted by Crippen LogP contribution is 2.35. The maximum atomic E-state index is 13.0. The van der Waals surface area contributed by atoms with Gasteiger partial charge in [-0.3, -0.25) is 14.5 Å². The minimum absolute atomic E-state index is 0.0195. The maximum Gasteiger partial charge on any atom is 0.373 e. The largest absolute Gasteiger partial charge is 0.463 e. The molecule has 1 aromatic carbocycles. The standard InChI is InChI=1S/C25H25N3O5S/c1-15-12-17(16(2)28(15)19-8-6-18(7-9-19)26(3)4)13-22-23(29)27(25(31)34-22)14-20-10-11-21(33-20)24(30)32-5/h6-13H,14H2,1-5H3/b22-13+. The minimum Gasteiger partial charge on any atom is -0.463 e. The monoisotopic (exact) mass is 479 g/mol. The number of thioether (sulfide) groups is 1. The van der Waals surface area contributed by atoms with Crippen molar-refractivity contribution in [3.05, 3.63) is 75.8 Å². The molecule has 1 aliphatic rings. The number of ether oxygens (including phenoxy) is 1. The molecular weight excluding hydrogens is 454 g/mol. The van der Waals surface area contributed by atoms with Crippen LogP contribution in [-0.2, 0) is 16.1 Å². The second-order valence-corrected chi connectivity index (χ2v) is 9.09. The van der Waals surface area contributed by atoms with Crippen molar-refractivity contribution < 1.29 is 23.5 Å². The Morgan fingerprint density at radius 1 is 1.12 bits per heavy atom. The van der Waals surface area contributed by atoms with Crippen LogP contribution in [0.15, 0.2) is 51.8 Å². The molecule has 0 N–H and O–H groups in total. The van der Waals surface area contributed by atoms with E-state index in [4.69, 9.17) is 4.42 Å². The van der Waals surface area contributed by atoms with Crippen LogP contribution < -0.4 is 4.90 Å². The van der Waals surface area contributed by atoms with Gasteiger partial charge in [-0.1, -0.05) is 0 Å². The van der Waals surface area contributed by atoms with Crippen LogP contribution in [0.2, 0.25) is 0 Å². The summed E-state index contributed by atoms with van der Waals surface area (Å²) in [4.78, 5) is 40.6. The van der Waals surface area contributed by atoms with E-state index in [9.17, 15) is 14.4 Å². The number of methoxy groups -OCH3 is 1. The van der Waals surface area contributed by atoms with E-state index in [1.165, 1.54) is 13.2 Å². The zero-order chi connectivity index (χ0) is 24.6. The third-order valence-corrected chi connectivity index (χ3v) is 6.52. The van der Waals surface area contributed by atoms with E-state index in [1.54, 1.807) is 12.1 Å². The maximum absolute atomic E-state index is 13.0. The number of hydrogen-bond donors (Lipinski definition) is 0. The predicted molar refractivity (Wildman–Crippen MR) is 131 cm³/mol. The zero-order valence-corrected chi connectivity index (χ0v) is 20.4. The summed E-state index contributed by atoms with van der Waals surface area (Å²) in [6.07, 6.45) is 1.75. The number of nitrogens with zero attached hydrogens (tertiary/aromatic N) is 3. The Bertz CT molecular complexity index is 1300. The molecular formula is C25H25N3O5S. The lowest BCUT2D eigenvalue weighted by atomic mass is 10.2. The lowest BCUT2D eigenvalue weighted by Gasteiger charge is -2.14. The molecule has 0 bridgehead atoms. The zero-order valence-electron chi connectivity index (χ0n) is 19.6. The predicted octanol–water partition coefficient (Wildman–Crippen LogP) is 4.78. The van der Waals surface area contributed by atoms with Gasteiger partial charge in [0.1, 0.15) is 5.76 Å². The van der Waals surface area contributed by atoms with Crippen molar-refractivity contribution in [3.63, 3.8) is 0 Å². The highest BCUT2D eigenvalue weighted by atomic mass is 32.2. The number of esters is 1. The van der Waals surface area contributed by atoms with Crippen molar-refractivity contribution in [2.75, 3.05) is 26.1 Å². The number of benzene rings is 1. The highest BCUT2D eigenvalue weighted by molar-refractivity contribution is 8.18. The van der Waals surface area contributed by atoms with E-state index >= 15 is 0 Å². The summed E-state index contributed by atoms with van der Waals surface area (Å²) in [7, 11) is 5.24. The molecule has 0 radical (unpaired) electrons. The van der Waals surface area contributed by atoms with Crippen molar-refractivity contribution in [2.45, 2.75) is 20.4 Å². The summed E-state index contributed by atoms with van der Waals surface area (Å²) in [6, 6.07) is 13.2. The molecule has 0 atom stereocenters. The number of rotatable bonds is 6. The normalized spacial score (nSPS) is 14.9. The molecule has 0 spiro atoms. The molecule has 3 heterocycles. The number of carbonyl (C=O) groups excluding carboxylic acids is 3. The number of amides is 2. The highest BCUT2D eigenvalue weighted by Gasteiger charge is 2.36. The minimum atomic E-state index is -0.619. The lowest BCUT2D eigenvalue weighted by Crippen LogP contribution is -2.27. The van der Waals surface area contributed by atoms with Gasteiger partial charge in [0, 0.05) is 36.9 Å². The second-order valence-electron chi connectivity index (χ2n) is 8.10. The number of imide groups is 1. The van der Waals surface area contributed by atoms with Gasteiger partial charge in [-0.25, -0.2) is 4.79 Å². The van der Waals surface area contributed by atoms with Crippen molar-refractivity contribution in [2.24, 2.45) is 0 Å². The number of aryl methyl sites for hydroxylation is 1. The van der Waals surface area contributed by atoms with Crippen LogP contribution in [-0.4, -0.2) is 47.8 Å². The molecule has 0 aliphatic carbocycles. The van der Waals surface area contributed by atoms with Crippen LogP contribution in [0, 0.1) is 13.8 Å². The van der Waals surface area contributed by atoms with Crippen molar-refractivity contribution >= 4 is 40.6 Å². The molecule has 9 heteroatoms. The van der Waals surface area contributed by atoms with Crippen LogP contribution in [0.3, 0.4) is 0 Å². The topological polar surface area (TPSA) is 85.0 Å². The fraction of sp³-hybridized carbons (Fsp3) is 0.240. The van der Waals surface area contributed by atoms with Crippen LogP contribution in [0.1, 0.15) is 33.3 Å². The summed E-state index contributed by atoms with van der Waals surface area (Å²) < 4.78 is 12.1. The average Bonchev–Trinajstić information content (AvgIpc) is 3.47. The van der Waals surface area contributed by atoms with Crippen molar-refractivity contribution in [1.82, 2.24) is 9.47 Å². The molecule has 1 aliphatic heterocycles. The fourth-order valence-corrected chi connectivity index (χ4v) is 4.67. The number of carbonyl (C=O) groups is 3. The van der Waals surface area contributed by atoms with Crippen molar-refractivity contribution in [1.29, 1.82) is 0 Å². The summed E-state index contributed by atoms with van der Waals surface area (Å²) >= 11 is 0.889. The summed E-state index contributed by atoms with van der Waals surface area (Å²) in [5.41, 5.74) is 4.98. The van der Waals surface area contributed by atoms with E-state index < -0.39 is 11.9 Å². The SMILES string of the molecule is COC(=O)c1ccc(CN2C(=O)S/C(=C/c3cc(C)n(-c4ccc(N(C)C)cc4)c3C)C2=O)o1. The Kier molecular flexibility index (Phi) is 6.39. The third kappa shape index (κ3) is 4.38. The number of anilines is 1. The van der Waals surface area contributed by atoms with Gasteiger partial charge in [0.2, 0.25) is 5.76 Å². The van der Waals surface area contributed by atoms with Crippen LogP contribution in [0.5, 0.6) is 0 Å². The Hall–Kier alpha value is -3.72. The molecule has 8 nitrogen and oxygen atoms in total. The summed E-state index contributed by atoms with van der Waals surface area (Å²) in [5.74, 6) is -0.674. The fourth-order valence-electron chi connectivity index (χ4n) is 3.84. The van der Waals surface area contributed by atoms with Gasteiger partial charge < -0.3 is 18.6 Å². The van der Waals surface area contributed by atoms with Crippen LogP contribution >= 0.6 is 11.8 Å². The van der Waals surface area contributed by atoms with Gasteiger partial charge in [-0.2, -0.15) is 0 Å². The van der Waals surface area contributed by atoms with E-state index in [2.05, 4.69) is 33.6 Å². The molecule has 1 fully saturated rings. The quantitative estimate of drug-likeness (QED) is 0.372. The molecule has 0 saturated carbocycles. The van der Waals surface area contributed by atoms with Crippen LogP contribution in [0.4, 0.5) is 10.5 Å². The number of hydrogen-bond acceptors (Lipinski definition) is 7. The van der Waals surface area contributed by atoms with E-state index in [1.807, 2.05) is 38.9 Å². The summed E-state index contributed by atoms with van der Waals surface area (Å²) in [5, 5.41) is -0.389. The van der Waals surface area contributed by atoms with Gasteiger partial charge in [-0.15, -0.1) is 0 Å². The number of aromatic nitrogens is 1. The van der Waals surface area contributed by atoms with Gasteiger partial charge in [0.25, 0.3) is 11.1 Å². The molecule has 3 aromatic rings. The molecule has 1 saturated heterocycles. The first-order valence-corrected chi connectivity index (χ1v) is 11.4. The first kappa shape index (κ1) is 23.4. The van der Waals surface area contributed by atoms with E-state index in [-0.39, 0.29) is 17.5 Å². The Balaban J connectivity index is 1.57. The smallest absolute Gasteiger partial charge is 0.373 e. The van der Waals surface area contributed by atoms with Gasteiger partial charge in [-0.05, 0) is 79.7 Å². The molecule has 0 unspecified atom stereocenters. The third-order valence-electron chi connectivity index (χ3n) is 5.62. The first-order chi connectivity index (χ1) is 16.2. The molecule has 34 heavy (non-hydrogen) atoms. The van der Waals surface area contributed by atoms with Gasteiger partial charge in [0.15, 0.2) is 0 Å². The lowest BCUT2D eigenvalue weighted by molar-refractivity contribution is -0.123. The Morgan fingerprint density at radius 2 is 1.82 bits per heavy atom. The van der Waals surface area contributed by atoms with E-state index in [0.717, 1.165) is 45.0 Å². The molecule has 176 valence electrons. The summed E-state index contributed by atoms with van der Waals surface area (Å²) in [6.45, 7) is 3.93. The van der Waals surface area contributed by atoms with Crippen molar-refractivity contribution in [3.8, 4) is 5.69 Å². The second kappa shape index (κ2) is 9.26. The Morgan fingerprint density at radius 3 is 2.47 bits per heavy atom. The average molecular weight is 480 g/mol.